The number of halogens is 1. The van der Waals surface area contributed by atoms with Crippen molar-refractivity contribution in [1.29, 1.82) is 0 Å². The van der Waals surface area contributed by atoms with Crippen molar-refractivity contribution in [3.8, 4) is 0 Å². The predicted octanol–water partition coefficient (Wildman–Crippen LogP) is 0.633. The molecule has 1 aromatic rings. The molecule has 0 bridgehead atoms. The number of hydrogen-bond donors (Lipinski definition) is 2. The van der Waals surface area contributed by atoms with Crippen molar-refractivity contribution in [2.75, 3.05) is 18.8 Å². The van der Waals surface area contributed by atoms with E-state index in [1.807, 2.05) is 0 Å². The minimum atomic E-state index is -1.13. The Hall–Kier alpha value is -1.69. The average Bonchev–Trinajstić information content (AvgIpc) is 2.33. The first-order chi connectivity index (χ1) is 8.42. The summed E-state index contributed by atoms with van der Waals surface area (Å²) < 4.78 is 13.0. The van der Waals surface area contributed by atoms with Crippen molar-refractivity contribution in [3.63, 3.8) is 0 Å². The minimum absolute atomic E-state index is 0.0105. The van der Waals surface area contributed by atoms with Crippen LogP contribution < -0.4 is 5.73 Å². The molecule has 2 heterocycles. The summed E-state index contributed by atoms with van der Waals surface area (Å²) in [4.78, 5) is 16.8. The molecule has 0 radical (unpaired) electrons. The van der Waals surface area contributed by atoms with Gasteiger partial charge in [0.25, 0.3) is 0 Å². The van der Waals surface area contributed by atoms with Gasteiger partial charge in [0.15, 0.2) is 5.82 Å². The number of aliphatic hydroxyl groups is 1. The number of aromatic nitrogens is 1. The number of likely N-dealkylation sites (tertiary alicyclic amines) is 1. The van der Waals surface area contributed by atoms with Crippen molar-refractivity contribution >= 4 is 11.6 Å². The maximum absolute atomic E-state index is 13.0. The van der Waals surface area contributed by atoms with Crippen LogP contribution in [0.15, 0.2) is 12.3 Å². The Kier molecular flexibility index (Phi) is 3.21. The van der Waals surface area contributed by atoms with Crippen LogP contribution in [0.4, 0.5) is 10.1 Å². The highest BCUT2D eigenvalue weighted by Gasteiger charge is 2.36. The van der Waals surface area contributed by atoms with E-state index in [-0.39, 0.29) is 11.6 Å². The summed E-state index contributed by atoms with van der Waals surface area (Å²) in [5, 5.41) is 10.5. The van der Waals surface area contributed by atoms with Gasteiger partial charge in [-0.2, -0.15) is 0 Å². The van der Waals surface area contributed by atoms with Gasteiger partial charge in [-0.15, -0.1) is 0 Å². The zero-order valence-electron chi connectivity index (χ0n) is 10.2. The van der Waals surface area contributed by atoms with Gasteiger partial charge in [-0.25, -0.2) is 4.39 Å². The maximum atomic E-state index is 13.0. The number of carbonyl (C=O) groups is 1. The van der Waals surface area contributed by atoms with Crippen LogP contribution in [-0.2, 0) is 10.4 Å². The van der Waals surface area contributed by atoms with E-state index in [0.717, 1.165) is 6.20 Å². The summed E-state index contributed by atoms with van der Waals surface area (Å²) >= 11 is 0. The lowest BCUT2D eigenvalue weighted by Gasteiger charge is -2.37. The maximum Gasteiger partial charge on any atom is 0.219 e. The molecule has 0 saturated carbocycles. The number of carbonyl (C=O) groups excluding carboxylic acids is 1. The van der Waals surface area contributed by atoms with Crippen LogP contribution in [0.1, 0.15) is 25.5 Å². The molecule has 0 spiro atoms. The van der Waals surface area contributed by atoms with E-state index in [9.17, 15) is 14.3 Å². The quantitative estimate of drug-likeness (QED) is 0.769. The lowest BCUT2D eigenvalue weighted by Crippen LogP contribution is -2.44. The lowest BCUT2D eigenvalue weighted by molar-refractivity contribution is -0.133. The van der Waals surface area contributed by atoms with E-state index < -0.39 is 11.4 Å². The Labute approximate surface area is 104 Å². The van der Waals surface area contributed by atoms with Gasteiger partial charge in [0.05, 0.1) is 17.6 Å². The van der Waals surface area contributed by atoms with Crippen LogP contribution in [0.5, 0.6) is 0 Å². The molecule has 1 aromatic heterocycles. The van der Waals surface area contributed by atoms with E-state index in [2.05, 4.69) is 4.98 Å². The zero-order valence-corrected chi connectivity index (χ0v) is 10.2. The zero-order chi connectivity index (χ0) is 13.3. The standard InChI is InChI=1S/C12H16FN3O2/c1-8(17)16-4-2-12(18,3-5-16)11-6-10(14)9(13)7-15-11/h6-7,18H,2-5H2,1H3,(H2,14,15). The Morgan fingerprint density at radius 1 is 1.56 bits per heavy atom. The summed E-state index contributed by atoms with van der Waals surface area (Å²) in [5.74, 6) is -0.604. The molecule has 1 fully saturated rings. The summed E-state index contributed by atoms with van der Waals surface area (Å²) in [5.41, 5.74) is 4.68. The number of nitrogen functional groups attached to an aromatic ring is 1. The number of piperidine rings is 1. The normalized spacial score (nSPS) is 18.7. The number of rotatable bonds is 1. The fourth-order valence-electron chi connectivity index (χ4n) is 2.16. The van der Waals surface area contributed by atoms with E-state index in [4.69, 9.17) is 5.73 Å². The lowest BCUT2D eigenvalue weighted by atomic mass is 9.87. The first-order valence-corrected chi connectivity index (χ1v) is 5.82. The minimum Gasteiger partial charge on any atom is -0.396 e. The van der Waals surface area contributed by atoms with Gasteiger partial charge in [-0.05, 0) is 18.9 Å². The molecule has 1 aliphatic rings. The molecule has 1 amide bonds. The second-order valence-corrected chi connectivity index (χ2v) is 4.63. The van der Waals surface area contributed by atoms with Gasteiger partial charge in [0, 0.05) is 20.0 Å². The van der Waals surface area contributed by atoms with Crippen LogP contribution in [0.3, 0.4) is 0 Å². The fraction of sp³-hybridized carbons (Fsp3) is 0.500. The highest BCUT2D eigenvalue weighted by atomic mass is 19.1. The van der Waals surface area contributed by atoms with Gasteiger partial charge in [-0.1, -0.05) is 0 Å². The Morgan fingerprint density at radius 3 is 2.67 bits per heavy atom. The Morgan fingerprint density at radius 2 is 2.17 bits per heavy atom. The van der Waals surface area contributed by atoms with E-state index in [1.54, 1.807) is 4.90 Å². The second-order valence-electron chi connectivity index (χ2n) is 4.63. The number of nitrogens with two attached hydrogens (primary N) is 1. The molecule has 5 nitrogen and oxygen atoms in total. The Balaban J connectivity index is 2.18. The summed E-state index contributed by atoms with van der Waals surface area (Å²) in [6, 6.07) is 1.36. The van der Waals surface area contributed by atoms with E-state index in [1.165, 1.54) is 13.0 Å². The van der Waals surface area contributed by atoms with Crippen molar-refractivity contribution in [1.82, 2.24) is 9.88 Å². The molecule has 3 N–H and O–H groups in total. The number of amides is 1. The Bertz CT molecular complexity index is 470. The van der Waals surface area contributed by atoms with Crippen molar-refractivity contribution in [2.24, 2.45) is 0 Å². The van der Waals surface area contributed by atoms with Crippen LogP contribution in [0.2, 0.25) is 0 Å². The van der Waals surface area contributed by atoms with Crippen LogP contribution in [-0.4, -0.2) is 34.0 Å². The topological polar surface area (TPSA) is 79.5 Å². The SMILES string of the molecule is CC(=O)N1CCC(O)(c2cc(N)c(F)cn2)CC1. The highest BCUT2D eigenvalue weighted by Crippen LogP contribution is 2.32. The third kappa shape index (κ3) is 2.28. The molecule has 1 aliphatic heterocycles. The van der Waals surface area contributed by atoms with Crippen molar-refractivity contribution < 1.29 is 14.3 Å². The summed E-state index contributed by atoms with van der Waals surface area (Å²) in [6.07, 6.45) is 1.77. The fourth-order valence-corrected chi connectivity index (χ4v) is 2.16. The number of nitrogens with zero attached hydrogens (tertiary/aromatic N) is 2. The number of hydrogen-bond acceptors (Lipinski definition) is 4. The number of anilines is 1. The number of pyridine rings is 1. The third-order valence-electron chi connectivity index (χ3n) is 3.40. The van der Waals surface area contributed by atoms with Gasteiger partial charge < -0.3 is 15.7 Å². The molecule has 18 heavy (non-hydrogen) atoms. The average molecular weight is 253 g/mol. The molecule has 0 unspecified atom stereocenters. The molecule has 2 rings (SSSR count). The summed E-state index contributed by atoms with van der Waals surface area (Å²) in [6.45, 7) is 2.42. The van der Waals surface area contributed by atoms with Crippen LogP contribution >= 0.6 is 0 Å². The van der Waals surface area contributed by atoms with Crippen LogP contribution in [0.25, 0.3) is 0 Å². The van der Waals surface area contributed by atoms with E-state index >= 15 is 0 Å². The molecule has 0 aromatic carbocycles. The summed E-state index contributed by atoms with van der Waals surface area (Å²) in [7, 11) is 0. The first-order valence-electron chi connectivity index (χ1n) is 5.82. The molecular formula is C12H16FN3O2. The monoisotopic (exact) mass is 253 g/mol. The second kappa shape index (κ2) is 4.53. The van der Waals surface area contributed by atoms with Gasteiger partial charge in [0.1, 0.15) is 5.60 Å². The molecule has 98 valence electrons. The van der Waals surface area contributed by atoms with Gasteiger partial charge in [-0.3, -0.25) is 9.78 Å². The molecule has 1 saturated heterocycles. The molecule has 0 aliphatic carbocycles. The predicted molar refractivity (Wildman–Crippen MR) is 64.0 cm³/mol. The van der Waals surface area contributed by atoms with Crippen molar-refractivity contribution in [3.05, 3.63) is 23.8 Å². The molecule has 0 atom stereocenters. The third-order valence-corrected chi connectivity index (χ3v) is 3.40. The smallest absolute Gasteiger partial charge is 0.219 e. The highest BCUT2D eigenvalue weighted by molar-refractivity contribution is 5.73. The molecule has 6 heteroatoms. The first kappa shape index (κ1) is 12.8. The van der Waals surface area contributed by atoms with Crippen molar-refractivity contribution in [2.45, 2.75) is 25.4 Å². The van der Waals surface area contributed by atoms with Gasteiger partial charge in [0.2, 0.25) is 5.91 Å². The largest absolute Gasteiger partial charge is 0.396 e. The van der Waals surface area contributed by atoms with Gasteiger partial charge >= 0.3 is 0 Å². The molecular weight excluding hydrogens is 237 g/mol. The van der Waals surface area contributed by atoms with E-state index in [0.29, 0.717) is 31.6 Å². The van der Waals surface area contributed by atoms with Crippen LogP contribution in [0, 0.1) is 5.82 Å².